The van der Waals surface area contributed by atoms with Crippen LogP contribution in [0, 0.1) is 0 Å². The number of para-hydroxylation sites is 1. The van der Waals surface area contributed by atoms with E-state index in [2.05, 4.69) is 27.8 Å². The van der Waals surface area contributed by atoms with Crippen molar-refractivity contribution in [1.29, 1.82) is 0 Å². The van der Waals surface area contributed by atoms with Gasteiger partial charge >= 0.3 is 0 Å². The number of hydrogen-bond donors (Lipinski definition) is 1. The molecule has 1 N–H and O–H groups in total. The first-order valence-corrected chi connectivity index (χ1v) is 7.36. The van der Waals surface area contributed by atoms with Crippen LogP contribution >= 0.6 is 27.3 Å². The maximum Gasteiger partial charge on any atom is 0.139 e. The minimum atomic E-state index is -0.0357. The van der Waals surface area contributed by atoms with Crippen LogP contribution in [0.1, 0.15) is 23.2 Å². The second-order valence-electron chi connectivity index (χ2n) is 3.76. The molecule has 0 atom stereocenters. The van der Waals surface area contributed by atoms with Crippen molar-refractivity contribution in [2.75, 3.05) is 0 Å². The number of thiazole rings is 1. The zero-order valence-corrected chi connectivity index (χ0v) is 12.4. The predicted octanol–water partition coefficient (Wildman–Crippen LogP) is 3.54. The third-order valence-corrected chi connectivity index (χ3v) is 4.15. The Morgan fingerprint density at radius 2 is 2.28 bits per heavy atom. The quantitative estimate of drug-likeness (QED) is 0.913. The molecular formula is C13H14BrNO2S. The Hall–Kier alpha value is -0.910. The third-order valence-electron chi connectivity index (χ3n) is 2.49. The molecule has 0 radical (unpaired) electrons. The van der Waals surface area contributed by atoms with Crippen LogP contribution in [0.5, 0.6) is 5.75 Å². The zero-order chi connectivity index (χ0) is 13.0. The highest BCUT2D eigenvalue weighted by Gasteiger charge is 2.08. The van der Waals surface area contributed by atoms with Crippen LogP contribution in [-0.2, 0) is 19.6 Å². The molecule has 0 unspecified atom stereocenters. The molecule has 0 aliphatic heterocycles. The van der Waals surface area contributed by atoms with Crippen LogP contribution in [0.25, 0.3) is 0 Å². The normalized spacial score (nSPS) is 10.6. The summed E-state index contributed by atoms with van der Waals surface area (Å²) in [5.41, 5.74) is 1.70. The van der Waals surface area contributed by atoms with Crippen LogP contribution in [0.4, 0.5) is 0 Å². The van der Waals surface area contributed by atoms with E-state index >= 15 is 0 Å². The van der Waals surface area contributed by atoms with Crippen molar-refractivity contribution in [2.45, 2.75) is 26.6 Å². The minimum Gasteiger partial charge on any atom is -0.486 e. The maximum atomic E-state index is 9.27. The fourth-order valence-corrected chi connectivity index (χ4v) is 2.81. The Labute approximate surface area is 119 Å². The van der Waals surface area contributed by atoms with Crippen molar-refractivity contribution in [3.8, 4) is 5.75 Å². The molecule has 0 amide bonds. The van der Waals surface area contributed by atoms with Crippen molar-refractivity contribution < 1.29 is 9.84 Å². The number of aryl methyl sites for hydroxylation is 1. The molecule has 3 nitrogen and oxygen atoms in total. The van der Waals surface area contributed by atoms with Gasteiger partial charge in [-0.1, -0.05) is 19.1 Å². The van der Waals surface area contributed by atoms with E-state index < -0.39 is 0 Å². The fourth-order valence-electron chi connectivity index (χ4n) is 1.56. The summed E-state index contributed by atoms with van der Waals surface area (Å²) in [5.74, 6) is 0.686. The maximum absolute atomic E-state index is 9.27. The molecule has 0 saturated carbocycles. The Morgan fingerprint density at radius 3 is 2.94 bits per heavy atom. The largest absolute Gasteiger partial charge is 0.486 e. The van der Waals surface area contributed by atoms with Gasteiger partial charge in [0.25, 0.3) is 0 Å². The van der Waals surface area contributed by atoms with Gasteiger partial charge in [0.05, 0.1) is 21.8 Å². The summed E-state index contributed by atoms with van der Waals surface area (Å²) in [7, 11) is 0. The smallest absolute Gasteiger partial charge is 0.139 e. The molecule has 1 aromatic carbocycles. The van der Waals surface area contributed by atoms with Crippen molar-refractivity contribution >= 4 is 27.3 Å². The van der Waals surface area contributed by atoms with Crippen LogP contribution in [0.15, 0.2) is 28.1 Å². The summed E-state index contributed by atoms with van der Waals surface area (Å²) < 4.78 is 6.59. The van der Waals surface area contributed by atoms with Gasteiger partial charge in [0.15, 0.2) is 0 Å². The standard InChI is InChI=1S/C13H14BrNO2S/c1-2-12-15-10(8-18-12)7-17-13-9(6-16)4-3-5-11(13)14/h3-5,8,16H,2,6-7H2,1H3. The Morgan fingerprint density at radius 1 is 1.44 bits per heavy atom. The van der Waals surface area contributed by atoms with Gasteiger partial charge in [-0.25, -0.2) is 4.98 Å². The van der Waals surface area contributed by atoms with Gasteiger partial charge in [0.2, 0.25) is 0 Å². The van der Waals surface area contributed by atoms with Crippen LogP contribution in [-0.4, -0.2) is 10.1 Å². The molecule has 2 rings (SSSR count). The molecular weight excluding hydrogens is 314 g/mol. The monoisotopic (exact) mass is 327 g/mol. The van der Waals surface area contributed by atoms with E-state index in [-0.39, 0.29) is 6.61 Å². The van der Waals surface area contributed by atoms with Gasteiger partial charge in [-0.15, -0.1) is 11.3 Å². The average molecular weight is 328 g/mol. The van der Waals surface area contributed by atoms with Crippen LogP contribution in [0.2, 0.25) is 0 Å². The van der Waals surface area contributed by atoms with Crippen LogP contribution < -0.4 is 4.74 Å². The van der Waals surface area contributed by atoms with Crippen molar-refractivity contribution in [3.63, 3.8) is 0 Å². The van der Waals surface area contributed by atoms with Gasteiger partial charge in [-0.05, 0) is 28.4 Å². The number of nitrogens with zero attached hydrogens (tertiary/aromatic N) is 1. The van der Waals surface area contributed by atoms with Gasteiger partial charge in [-0.2, -0.15) is 0 Å². The van der Waals surface area contributed by atoms with Gasteiger partial charge in [-0.3, -0.25) is 0 Å². The number of rotatable bonds is 5. The second-order valence-corrected chi connectivity index (χ2v) is 5.56. The molecule has 0 aliphatic carbocycles. The van der Waals surface area contributed by atoms with E-state index in [9.17, 15) is 5.11 Å². The molecule has 0 saturated heterocycles. The molecule has 18 heavy (non-hydrogen) atoms. The van der Waals surface area contributed by atoms with E-state index in [0.29, 0.717) is 12.4 Å². The van der Waals surface area contributed by atoms with E-state index in [1.165, 1.54) is 0 Å². The number of hydrogen-bond acceptors (Lipinski definition) is 4. The molecule has 0 bridgehead atoms. The summed E-state index contributed by atoms with van der Waals surface area (Å²) >= 11 is 5.07. The molecule has 2 aromatic rings. The highest BCUT2D eigenvalue weighted by Crippen LogP contribution is 2.29. The summed E-state index contributed by atoms with van der Waals surface area (Å²) in [6.07, 6.45) is 0.946. The van der Waals surface area contributed by atoms with Crippen LogP contribution in [0.3, 0.4) is 0 Å². The lowest BCUT2D eigenvalue weighted by molar-refractivity contribution is 0.256. The lowest BCUT2D eigenvalue weighted by Gasteiger charge is -2.10. The molecule has 0 fully saturated rings. The van der Waals surface area contributed by atoms with Crippen molar-refractivity contribution in [3.05, 3.63) is 44.3 Å². The van der Waals surface area contributed by atoms with E-state index in [4.69, 9.17) is 4.74 Å². The number of aromatic nitrogens is 1. The van der Waals surface area contributed by atoms with Gasteiger partial charge < -0.3 is 9.84 Å². The first-order chi connectivity index (χ1) is 8.74. The Bertz CT molecular complexity index is 527. The Balaban J connectivity index is 2.10. The first kappa shape index (κ1) is 13.5. The first-order valence-electron chi connectivity index (χ1n) is 5.69. The lowest BCUT2D eigenvalue weighted by atomic mass is 10.2. The minimum absolute atomic E-state index is 0.0357. The lowest BCUT2D eigenvalue weighted by Crippen LogP contribution is -2.00. The summed E-state index contributed by atoms with van der Waals surface area (Å²) in [4.78, 5) is 4.44. The number of aliphatic hydroxyl groups is 1. The predicted molar refractivity (Wildman–Crippen MR) is 75.9 cm³/mol. The summed E-state index contributed by atoms with van der Waals surface area (Å²) in [6.45, 7) is 2.47. The SMILES string of the molecule is CCc1nc(COc2c(Br)cccc2CO)cs1. The van der Waals surface area contributed by atoms with E-state index in [1.807, 2.05) is 23.6 Å². The highest BCUT2D eigenvalue weighted by molar-refractivity contribution is 9.10. The molecule has 0 spiro atoms. The van der Waals surface area contributed by atoms with E-state index in [1.54, 1.807) is 11.3 Å². The number of benzene rings is 1. The Kier molecular flexibility index (Phi) is 4.74. The van der Waals surface area contributed by atoms with Crippen molar-refractivity contribution in [2.24, 2.45) is 0 Å². The molecule has 1 aromatic heterocycles. The van der Waals surface area contributed by atoms with E-state index in [0.717, 1.165) is 27.2 Å². The third kappa shape index (κ3) is 3.10. The molecule has 1 heterocycles. The summed E-state index contributed by atoms with van der Waals surface area (Å²) in [6, 6.07) is 5.62. The number of aliphatic hydroxyl groups excluding tert-OH is 1. The molecule has 5 heteroatoms. The topological polar surface area (TPSA) is 42.4 Å². The molecule has 0 aliphatic rings. The van der Waals surface area contributed by atoms with Gasteiger partial charge in [0, 0.05) is 10.9 Å². The summed E-state index contributed by atoms with van der Waals surface area (Å²) in [5, 5.41) is 12.4. The fraction of sp³-hybridized carbons (Fsp3) is 0.308. The zero-order valence-electron chi connectivity index (χ0n) is 10.0. The molecule has 96 valence electrons. The number of halogens is 1. The number of ether oxygens (including phenoxy) is 1. The highest BCUT2D eigenvalue weighted by atomic mass is 79.9. The van der Waals surface area contributed by atoms with Crippen molar-refractivity contribution in [1.82, 2.24) is 4.98 Å². The second kappa shape index (κ2) is 6.31. The van der Waals surface area contributed by atoms with Gasteiger partial charge in [0.1, 0.15) is 12.4 Å². The average Bonchev–Trinajstić information content (AvgIpc) is 2.85.